The Morgan fingerprint density at radius 3 is 2.85 bits per heavy atom. The molecule has 0 spiro atoms. The van der Waals surface area contributed by atoms with Crippen LogP contribution >= 0.6 is 23.6 Å². The van der Waals surface area contributed by atoms with E-state index in [1.165, 1.54) is 22.8 Å². The van der Waals surface area contributed by atoms with E-state index in [2.05, 4.69) is 0 Å². The van der Waals surface area contributed by atoms with Gasteiger partial charge >= 0.3 is 5.97 Å². The molecule has 0 radical (unpaired) electrons. The molecule has 1 aromatic heterocycles. The minimum Gasteiger partial charge on any atom is -0.493 e. The van der Waals surface area contributed by atoms with E-state index >= 15 is 0 Å². The van der Waals surface area contributed by atoms with Crippen LogP contribution in [0.2, 0.25) is 0 Å². The summed E-state index contributed by atoms with van der Waals surface area (Å²) in [5, 5.41) is 29.8. The summed E-state index contributed by atoms with van der Waals surface area (Å²) in [5.41, 5.74) is -0.0123. The Morgan fingerprint density at radius 1 is 1.44 bits per heavy atom. The molecule has 140 valence electrons. The summed E-state index contributed by atoms with van der Waals surface area (Å²) in [6, 6.07) is 3.69. The molecule has 27 heavy (non-hydrogen) atoms. The van der Waals surface area contributed by atoms with Gasteiger partial charge in [-0.1, -0.05) is 0 Å². The molecule has 0 amide bonds. The lowest BCUT2D eigenvalue weighted by molar-refractivity contribution is -0.384. The number of benzene rings is 1. The highest BCUT2D eigenvalue weighted by molar-refractivity contribution is 7.73. The smallest absolute Gasteiger partial charge is 0.303 e. The fourth-order valence-corrected chi connectivity index (χ4v) is 3.79. The molecule has 0 aliphatic carbocycles. The number of ether oxygens (including phenoxy) is 1. The fourth-order valence-electron chi connectivity index (χ4n) is 2.50. The molecule has 0 atom stereocenters. The fraction of sp³-hybridized carbons (Fsp3) is 0.188. The Kier molecular flexibility index (Phi) is 5.06. The molecule has 1 aromatic carbocycles. The maximum atomic E-state index is 12.4. The lowest BCUT2D eigenvalue weighted by Crippen LogP contribution is -2.01. The molecule has 3 rings (SSSR count). The van der Waals surface area contributed by atoms with Crippen LogP contribution in [0.5, 0.6) is 11.6 Å². The van der Waals surface area contributed by atoms with E-state index in [4.69, 9.17) is 22.1 Å². The number of carbonyl (C=O) groups excluding carboxylic acids is 1. The first kappa shape index (κ1) is 18.7. The minimum atomic E-state index is -0.949. The van der Waals surface area contributed by atoms with Gasteiger partial charge in [0.15, 0.2) is 9.71 Å². The number of nitrogens with zero attached hydrogens (tertiary/aromatic N) is 2. The SMILES string of the molecule is O=C(O)CCCn1c(O)c(/C=C2\Oc3cc([N+](=O)[O-])ccc3C2=O)sc1=S. The molecule has 0 unspecified atom stereocenters. The summed E-state index contributed by atoms with van der Waals surface area (Å²) in [7, 11) is 0. The highest BCUT2D eigenvalue weighted by Crippen LogP contribution is 2.36. The number of hydrogen-bond acceptors (Lipinski definition) is 8. The number of fused-ring (bicyclic) bond motifs is 1. The molecule has 0 saturated carbocycles. The molecule has 9 nitrogen and oxygen atoms in total. The average molecular weight is 408 g/mol. The molecule has 0 fully saturated rings. The molecule has 11 heteroatoms. The number of nitro groups is 1. The van der Waals surface area contributed by atoms with Gasteiger partial charge in [0.1, 0.15) is 5.75 Å². The summed E-state index contributed by atoms with van der Waals surface area (Å²) in [5.74, 6) is -1.62. The Labute approximate surface area is 160 Å². The standard InChI is InChI=1S/C16H12N2O7S2/c19-13(20)2-1-5-17-15(22)12(27-16(17)26)7-11-14(21)9-4-3-8(18(23)24)6-10(9)25-11/h3-4,6-7,22H,1-2,5H2,(H,19,20)/b11-7-. The monoisotopic (exact) mass is 408 g/mol. The summed E-state index contributed by atoms with van der Waals surface area (Å²) in [6.45, 7) is 0.220. The van der Waals surface area contributed by atoms with Crippen LogP contribution in [0.25, 0.3) is 6.08 Å². The van der Waals surface area contributed by atoms with Crippen molar-refractivity contribution < 1.29 is 29.5 Å². The molecule has 1 aliphatic heterocycles. The second kappa shape index (κ2) is 7.29. The lowest BCUT2D eigenvalue weighted by Gasteiger charge is -2.03. The zero-order valence-corrected chi connectivity index (χ0v) is 15.2. The predicted octanol–water partition coefficient (Wildman–Crippen LogP) is 3.37. The van der Waals surface area contributed by atoms with Gasteiger partial charge in [-0.15, -0.1) is 11.3 Å². The molecule has 0 bridgehead atoms. The van der Waals surface area contributed by atoms with E-state index in [1.807, 2.05) is 0 Å². The van der Waals surface area contributed by atoms with Crippen molar-refractivity contribution in [3.63, 3.8) is 0 Å². The van der Waals surface area contributed by atoms with Crippen molar-refractivity contribution in [3.05, 3.63) is 48.5 Å². The number of carboxylic acid groups (broad SMARTS) is 1. The van der Waals surface area contributed by atoms with Gasteiger partial charge < -0.3 is 14.9 Å². The summed E-state index contributed by atoms with van der Waals surface area (Å²) in [6.07, 6.45) is 1.54. The lowest BCUT2D eigenvalue weighted by atomic mass is 10.1. The van der Waals surface area contributed by atoms with Crippen molar-refractivity contribution in [2.75, 3.05) is 0 Å². The minimum absolute atomic E-state index is 0.0663. The second-order valence-corrected chi connectivity index (χ2v) is 7.26. The Balaban J connectivity index is 1.87. The molecular weight excluding hydrogens is 396 g/mol. The van der Waals surface area contributed by atoms with Crippen LogP contribution in [0, 0.1) is 14.1 Å². The number of non-ortho nitro benzene ring substituents is 1. The van der Waals surface area contributed by atoms with Crippen molar-refractivity contribution in [2.24, 2.45) is 0 Å². The number of hydrogen-bond donors (Lipinski definition) is 2. The molecular formula is C16H12N2O7S2. The third kappa shape index (κ3) is 3.73. The van der Waals surface area contributed by atoms with Crippen LogP contribution < -0.4 is 4.74 Å². The quantitative estimate of drug-likeness (QED) is 0.322. The van der Waals surface area contributed by atoms with Gasteiger partial charge in [-0.25, -0.2) is 0 Å². The number of ketones is 1. The Bertz CT molecular complexity index is 1050. The molecule has 1 aliphatic rings. The van der Waals surface area contributed by atoms with E-state index in [0.717, 1.165) is 17.4 Å². The number of nitro benzene ring substituents is 1. The summed E-state index contributed by atoms with van der Waals surface area (Å²) >= 11 is 6.21. The third-order valence-electron chi connectivity index (χ3n) is 3.79. The van der Waals surface area contributed by atoms with Crippen molar-refractivity contribution in [1.29, 1.82) is 0 Å². The van der Waals surface area contributed by atoms with Crippen molar-refractivity contribution in [2.45, 2.75) is 19.4 Å². The van der Waals surface area contributed by atoms with E-state index in [1.54, 1.807) is 0 Å². The number of allylic oxidation sites excluding steroid dienone is 1. The highest BCUT2D eigenvalue weighted by atomic mass is 32.1. The van der Waals surface area contributed by atoms with Gasteiger partial charge in [0.2, 0.25) is 11.7 Å². The number of carbonyl (C=O) groups is 2. The van der Waals surface area contributed by atoms with E-state index < -0.39 is 16.7 Å². The predicted molar refractivity (Wildman–Crippen MR) is 97.7 cm³/mol. The summed E-state index contributed by atoms with van der Waals surface area (Å²) < 4.78 is 7.12. The summed E-state index contributed by atoms with van der Waals surface area (Å²) in [4.78, 5) is 33.5. The van der Waals surface area contributed by atoms with Gasteiger partial charge in [-0.05, 0) is 24.7 Å². The van der Waals surface area contributed by atoms with Crippen LogP contribution in [0.1, 0.15) is 28.1 Å². The van der Waals surface area contributed by atoms with Gasteiger partial charge in [0.05, 0.1) is 21.4 Å². The maximum Gasteiger partial charge on any atom is 0.303 e. The van der Waals surface area contributed by atoms with Gasteiger partial charge in [-0.2, -0.15) is 0 Å². The van der Waals surface area contributed by atoms with Crippen molar-refractivity contribution in [1.82, 2.24) is 4.57 Å². The third-order valence-corrected chi connectivity index (χ3v) is 5.18. The first-order valence-corrected chi connectivity index (χ1v) is 8.87. The van der Waals surface area contributed by atoms with Gasteiger partial charge in [0.25, 0.3) is 5.69 Å². The number of carboxylic acids is 1. The van der Waals surface area contributed by atoms with Crippen LogP contribution in [-0.4, -0.2) is 31.5 Å². The second-order valence-electron chi connectivity index (χ2n) is 5.58. The van der Waals surface area contributed by atoms with Crippen LogP contribution in [0.4, 0.5) is 5.69 Å². The first-order valence-electron chi connectivity index (χ1n) is 7.65. The average Bonchev–Trinajstić information content (AvgIpc) is 3.05. The number of thiazole rings is 1. The van der Waals surface area contributed by atoms with Gasteiger partial charge in [-0.3, -0.25) is 24.3 Å². The van der Waals surface area contributed by atoms with Crippen LogP contribution in [0.15, 0.2) is 24.0 Å². The van der Waals surface area contributed by atoms with Crippen molar-refractivity contribution >= 4 is 47.1 Å². The normalized spacial score (nSPS) is 14.2. The molecule has 2 aromatic rings. The van der Waals surface area contributed by atoms with Gasteiger partial charge in [0, 0.05) is 25.1 Å². The molecule has 0 saturated heterocycles. The molecule has 2 N–H and O–H groups in total. The number of rotatable bonds is 6. The van der Waals surface area contributed by atoms with E-state index in [9.17, 15) is 24.8 Å². The topological polar surface area (TPSA) is 132 Å². The Hall–Kier alpha value is -3.05. The van der Waals surface area contributed by atoms with E-state index in [-0.39, 0.29) is 52.9 Å². The Morgan fingerprint density at radius 2 is 2.19 bits per heavy atom. The first-order chi connectivity index (χ1) is 12.8. The van der Waals surface area contributed by atoms with Crippen LogP contribution in [0.3, 0.4) is 0 Å². The van der Waals surface area contributed by atoms with Crippen LogP contribution in [-0.2, 0) is 11.3 Å². The number of aliphatic carboxylic acids is 1. The zero-order valence-electron chi connectivity index (χ0n) is 13.6. The van der Waals surface area contributed by atoms with Crippen molar-refractivity contribution in [3.8, 4) is 11.6 Å². The number of aromatic hydroxyl groups is 1. The largest absolute Gasteiger partial charge is 0.493 e. The zero-order chi connectivity index (χ0) is 19.7. The number of Topliss-reactive ketones (excluding diaryl/α,β-unsaturated/α-hetero) is 1. The maximum absolute atomic E-state index is 12.4. The molecule has 2 heterocycles. The van der Waals surface area contributed by atoms with E-state index in [0.29, 0.717) is 3.95 Å². The highest BCUT2D eigenvalue weighted by Gasteiger charge is 2.30. The number of aromatic nitrogens is 1.